The van der Waals surface area contributed by atoms with Gasteiger partial charge in [-0.25, -0.2) is 4.39 Å². The number of hydrogen-bond donors (Lipinski definition) is 1. The maximum Gasteiger partial charge on any atom is 0.259 e. The Bertz CT molecular complexity index is 1540. The van der Waals surface area contributed by atoms with Crippen LogP contribution in [0.5, 0.6) is 0 Å². The van der Waals surface area contributed by atoms with Crippen LogP contribution in [-0.2, 0) is 4.74 Å². The van der Waals surface area contributed by atoms with E-state index in [9.17, 15) is 14.0 Å². The molecule has 4 aromatic rings. The van der Waals surface area contributed by atoms with Crippen molar-refractivity contribution in [2.75, 3.05) is 39.9 Å². The number of amides is 1. The molecule has 1 amide bonds. The fourth-order valence-electron chi connectivity index (χ4n) is 5.70. The first kappa shape index (κ1) is 23.8. The predicted octanol–water partition coefficient (Wildman–Crippen LogP) is 3.81. The Labute approximate surface area is 213 Å². The minimum atomic E-state index is -0.272. The number of likely N-dealkylation sites (N-methyl/N-ethyl adjacent to an activating group) is 1. The van der Waals surface area contributed by atoms with Crippen LogP contribution >= 0.6 is 0 Å². The number of carbonyl (C=O) groups is 1. The van der Waals surface area contributed by atoms with Crippen LogP contribution in [0.2, 0.25) is 0 Å². The second-order valence-electron chi connectivity index (χ2n) is 10.2. The fourth-order valence-corrected chi connectivity index (χ4v) is 5.70. The largest absolute Gasteiger partial charge is 0.381 e. The molecule has 0 aliphatic carbocycles. The normalized spacial score (nSPS) is 19.6. The number of aromatic amines is 1. The van der Waals surface area contributed by atoms with Crippen molar-refractivity contribution in [3.63, 3.8) is 0 Å². The van der Waals surface area contributed by atoms with Crippen molar-refractivity contribution in [1.82, 2.24) is 24.6 Å². The third-order valence-electron chi connectivity index (χ3n) is 7.87. The summed E-state index contributed by atoms with van der Waals surface area (Å²) in [6.45, 7) is 5.06. The van der Waals surface area contributed by atoms with Crippen LogP contribution < -0.4 is 5.56 Å². The standard InChI is InChI=1S/C28H30FN5O3/c1-17-13-24-22(26-23(27(35)31-24)15-30-34(26)20-7-11-37-12-8-20)14-21(17)28(36)33-10-9-32(2)25(16-33)18-3-5-19(29)6-4-18/h3-6,13-15,20,25H,7-12,16H2,1-2H3,(H,31,35). The summed E-state index contributed by atoms with van der Waals surface area (Å²) in [5.74, 6) is -0.317. The van der Waals surface area contributed by atoms with Crippen LogP contribution in [0.4, 0.5) is 4.39 Å². The SMILES string of the molecule is Cc1cc2[nH]c(=O)c3cnn(C4CCOCC4)c3c2cc1C(=O)N1CCN(C)C(c2ccc(F)cc2)C1. The quantitative estimate of drug-likeness (QED) is 0.460. The van der Waals surface area contributed by atoms with E-state index in [0.717, 1.165) is 34.9 Å². The van der Waals surface area contributed by atoms with Gasteiger partial charge in [0.2, 0.25) is 0 Å². The van der Waals surface area contributed by atoms with E-state index in [4.69, 9.17) is 4.74 Å². The van der Waals surface area contributed by atoms with Crippen LogP contribution in [0.25, 0.3) is 21.8 Å². The molecule has 1 N–H and O–H groups in total. The second-order valence-corrected chi connectivity index (χ2v) is 10.2. The molecule has 0 bridgehead atoms. The number of ether oxygens (including phenoxy) is 1. The fraction of sp³-hybridized carbons (Fsp3) is 0.393. The van der Waals surface area contributed by atoms with Crippen LogP contribution in [0.15, 0.2) is 47.4 Å². The number of rotatable bonds is 3. The molecule has 0 saturated carbocycles. The van der Waals surface area contributed by atoms with Crippen LogP contribution in [-0.4, -0.2) is 70.4 Å². The average Bonchev–Trinajstić information content (AvgIpc) is 3.36. The lowest BCUT2D eigenvalue weighted by Gasteiger charge is -2.40. The number of benzene rings is 2. The Morgan fingerprint density at radius 3 is 2.62 bits per heavy atom. The molecule has 2 aromatic carbocycles. The van der Waals surface area contributed by atoms with Gasteiger partial charge in [-0.2, -0.15) is 5.10 Å². The first-order chi connectivity index (χ1) is 17.9. The van der Waals surface area contributed by atoms with Gasteiger partial charge in [-0.15, -0.1) is 0 Å². The molecule has 9 heteroatoms. The topological polar surface area (TPSA) is 83.5 Å². The van der Waals surface area contributed by atoms with E-state index >= 15 is 0 Å². The summed E-state index contributed by atoms with van der Waals surface area (Å²) in [5.41, 5.74) is 3.69. The molecule has 0 spiro atoms. The summed E-state index contributed by atoms with van der Waals surface area (Å²) < 4.78 is 21.0. The molecule has 1 unspecified atom stereocenters. The van der Waals surface area contributed by atoms with Gasteiger partial charge < -0.3 is 14.6 Å². The summed E-state index contributed by atoms with van der Waals surface area (Å²) in [7, 11) is 2.03. The first-order valence-electron chi connectivity index (χ1n) is 12.8. The Kier molecular flexibility index (Phi) is 6.04. The van der Waals surface area contributed by atoms with Crippen LogP contribution in [0, 0.1) is 12.7 Å². The molecule has 2 saturated heterocycles. The van der Waals surface area contributed by atoms with E-state index in [2.05, 4.69) is 15.0 Å². The molecule has 2 aliphatic heterocycles. The van der Waals surface area contributed by atoms with Gasteiger partial charge in [-0.3, -0.25) is 19.2 Å². The van der Waals surface area contributed by atoms with Crippen molar-refractivity contribution in [3.8, 4) is 0 Å². The molecular weight excluding hydrogens is 473 g/mol. The summed E-state index contributed by atoms with van der Waals surface area (Å²) in [6.07, 6.45) is 3.28. The Hall–Kier alpha value is -3.56. The average molecular weight is 504 g/mol. The van der Waals surface area contributed by atoms with Gasteiger partial charge in [0.15, 0.2) is 0 Å². The number of piperazine rings is 1. The van der Waals surface area contributed by atoms with E-state index in [1.54, 1.807) is 18.3 Å². The minimum Gasteiger partial charge on any atom is -0.381 e. The Balaban J connectivity index is 1.40. The van der Waals surface area contributed by atoms with Gasteiger partial charge in [0.05, 0.1) is 34.7 Å². The van der Waals surface area contributed by atoms with Crippen molar-refractivity contribution < 1.29 is 13.9 Å². The zero-order chi connectivity index (χ0) is 25.7. The molecular formula is C28H30FN5O3. The zero-order valence-corrected chi connectivity index (χ0v) is 21.0. The number of aromatic nitrogens is 3. The monoisotopic (exact) mass is 503 g/mol. The highest BCUT2D eigenvalue weighted by Gasteiger charge is 2.30. The van der Waals surface area contributed by atoms with Gasteiger partial charge in [0.1, 0.15) is 5.82 Å². The predicted molar refractivity (Wildman–Crippen MR) is 139 cm³/mol. The van der Waals surface area contributed by atoms with Crippen molar-refractivity contribution in [2.45, 2.75) is 31.8 Å². The lowest BCUT2D eigenvalue weighted by atomic mass is 9.99. The highest BCUT2D eigenvalue weighted by molar-refractivity contribution is 6.07. The number of hydrogen-bond acceptors (Lipinski definition) is 5. The number of fused-ring (bicyclic) bond motifs is 3. The van der Waals surface area contributed by atoms with Gasteiger partial charge in [-0.1, -0.05) is 12.1 Å². The maximum absolute atomic E-state index is 13.9. The number of pyridine rings is 1. The van der Waals surface area contributed by atoms with Crippen LogP contribution in [0.3, 0.4) is 0 Å². The molecule has 2 fully saturated rings. The summed E-state index contributed by atoms with van der Waals surface area (Å²) >= 11 is 0. The van der Waals surface area contributed by atoms with Gasteiger partial charge >= 0.3 is 0 Å². The molecule has 1 atom stereocenters. The minimum absolute atomic E-state index is 0.0166. The number of carbonyl (C=O) groups excluding carboxylic acids is 1. The first-order valence-corrected chi connectivity index (χ1v) is 12.8. The number of H-pyrrole nitrogens is 1. The molecule has 4 heterocycles. The maximum atomic E-state index is 13.9. The van der Waals surface area contributed by atoms with Crippen LogP contribution in [0.1, 0.15) is 46.4 Å². The molecule has 2 aliphatic rings. The van der Waals surface area contributed by atoms with E-state index in [1.165, 1.54) is 12.1 Å². The van der Waals surface area contributed by atoms with Gasteiger partial charge in [0.25, 0.3) is 11.5 Å². The number of nitrogens with zero attached hydrogens (tertiary/aromatic N) is 4. The lowest BCUT2D eigenvalue weighted by molar-refractivity contribution is 0.0545. The Morgan fingerprint density at radius 1 is 1.11 bits per heavy atom. The van der Waals surface area contributed by atoms with Gasteiger partial charge in [0, 0.05) is 43.8 Å². The lowest BCUT2D eigenvalue weighted by Crippen LogP contribution is -2.49. The highest BCUT2D eigenvalue weighted by atomic mass is 19.1. The van der Waals surface area contributed by atoms with Crippen molar-refractivity contribution in [3.05, 3.63) is 75.5 Å². The zero-order valence-electron chi connectivity index (χ0n) is 21.0. The Morgan fingerprint density at radius 2 is 1.86 bits per heavy atom. The van der Waals surface area contributed by atoms with Crippen molar-refractivity contribution >= 4 is 27.7 Å². The number of aryl methyl sites for hydroxylation is 1. The third kappa shape index (κ3) is 4.22. The highest BCUT2D eigenvalue weighted by Crippen LogP contribution is 2.31. The molecule has 6 rings (SSSR count). The van der Waals surface area contributed by atoms with Crippen molar-refractivity contribution in [1.29, 1.82) is 0 Å². The second kappa shape index (κ2) is 9.39. The van der Waals surface area contributed by atoms with Gasteiger partial charge in [-0.05, 0) is 62.2 Å². The van der Waals surface area contributed by atoms with E-state index in [1.807, 2.05) is 35.7 Å². The molecule has 2 aromatic heterocycles. The summed E-state index contributed by atoms with van der Waals surface area (Å²) in [4.78, 5) is 33.8. The smallest absolute Gasteiger partial charge is 0.259 e. The third-order valence-corrected chi connectivity index (χ3v) is 7.87. The number of halogens is 1. The summed E-state index contributed by atoms with van der Waals surface area (Å²) in [6, 6.07) is 10.4. The molecule has 0 radical (unpaired) electrons. The van der Waals surface area contributed by atoms with Crippen molar-refractivity contribution in [2.24, 2.45) is 0 Å². The van der Waals surface area contributed by atoms with E-state index < -0.39 is 0 Å². The molecule has 8 nitrogen and oxygen atoms in total. The van der Waals surface area contributed by atoms with E-state index in [0.29, 0.717) is 49.3 Å². The molecule has 192 valence electrons. The number of nitrogens with one attached hydrogen (secondary N) is 1. The van der Waals surface area contributed by atoms with E-state index in [-0.39, 0.29) is 29.4 Å². The summed E-state index contributed by atoms with van der Waals surface area (Å²) in [5, 5.41) is 5.93. The molecule has 37 heavy (non-hydrogen) atoms.